The fraction of sp³-hybridized carbons (Fsp3) is 0.450. The molecule has 1 atom stereocenters. The molecule has 2 aliphatic rings. The molecule has 2 aliphatic heterocycles. The normalized spacial score (nSPS) is 19.5. The number of hydrogen-bond acceptors (Lipinski definition) is 6. The van der Waals surface area contributed by atoms with Crippen LogP contribution in [0.25, 0.3) is 0 Å². The number of hydrogen-bond donors (Lipinski definition) is 1. The first-order chi connectivity index (χ1) is 14.9. The van der Waals surface area contributed by atoms with E-state index in [1.807, 2.05) is 9.80 Å². The summed E-state index contributed by atoms with van der Waals surface area (Å²) >= 11 is 0. The van der Waals surface area contributed by atoms with Crippen LogP contribution in [0.1, 0.15) is 6.42 Å². The van der Waals surface area contributed by atoms with E-state index in [2.05, 4.69) is 20.0 Å². The van der Waals surface area contributed by atoms with Crippen molar-refractivity contribution in [1.29, 1.82) is 0 Å². The molecule has 1 aromatic carbocycles. The molecule has 0 radical (unpaired) electrons. The van der Waals surface area contributed by atoms with Crippen LogP contribution in [0.15, 0.2) is 42.7 Å². The summed E-state index contributed by atoms with van der Waals surface area (Å²) < 4.78 is 41.4. The van der Waals surface area contributed by atoms with Gasteiger partial charge < -0.3 is 24.8 Å². The molecule has 3 heterocycles. The first-order valence-corrected chi connectivity index (χ1v) is 10.1. The fourth-order valence-corrected chi connectivity index (χ4v) is 3.82. The van der Waals surface area contributed by atoms with Crippen LogP contribution in [0, 0.1) is 0 Å². The predicted octanol–water partition coefficient (Wildman–Crippen LogP) is 2.49. The number of carbonyl (C=O) groups excluding carboxylic acids is 1. The SMILES string of the molecule is O=C(NC1CCN(c2cccc(OC(F)(F)F)c2)C1)N1CCN(c2ncccn2)CC1. The highest BCUT2D eigenvalue weighted by molar-refractivity contribution is 5.75. The maximum absolute atomic E-state index is 12.7. The quantitative estimate of drug-likeness (QED) is 0.794. The van der Waals surface area contributed by atoms with Crippen LogP contribution in [0.5, 0.6) is 5.75 Å². The largest absolute Gasteiger partial charge is 0.573 e. The summed E-state index contributed by atoms with van der Waals surface area (Å²) in [7, 11) is 0. The second kappa shape index (κ2) is 8.86. The maximum Gasteiger partial charge on any atom is 0.573 e. The standard InChI is InChI=1S/C20H23F3N6O2/c21-20(22,23)31-17-4-1-3-16(13-17)29-8-5-15(14-29)26-19(30)28-11-9-27(10-12-28)18-24-6-2-7-25-18/h1-4,6-7,13,15H,5,8-12,14H2,(H,26,30). The lowest BCUT2D eigenvalue weighted by molar-refractivity contribution is -0.274. The smallest absolute Gasteiger partial charge is 0.406 e. The molecule has 0 bridgehead atoms. The summed E-state index contributed by atoms with van der Waals surface area (Å²) in [5.41, 5.74) is 0.634. The van der Waals surface area contributed by atoms with E-state index in [-0.39, 0.29) is 17.8 Å². The van der Waals surface area contributed by atoms with Gasteiger partial charge in [-0.1, -0.05) is 6.07 Å². The minimum atomic E-state index is -4.73. The van der Waals surface area contributed by atoms with Gasteiger partial charge in [-0.25, -0.2) is 14.8 Å². The van der Waals surface area contributed by atoms with Crippen molar-refractivity contribution >= 4 is 17.7 Å². The van der Waals surface area contributed by atoms with E-state index in [4.69, 9.17) is 0 Å². The molecule has 0 aliphatic carbocycles. The Bertz CT molecular complexity index is 890. The van der Waals surface area contributed by atoms with Gasteiger partial charge in [-0.3, -0.25) is 0 Å². The Kier molecular flexibility index (Phi) is 6.01. The Morgan fingerprint density at radius 1 is 1.03 bits per heavy atom. The zero-order valence-electron chi connectivity index (χ0n) is 16.8. The number of rotatable bonds is 4. The van der Waals surface area contributed by atoms with Crippen LogP contribution in [0.4, 0.5) is 29.6 Å². The number of urea groups is 1. The van der Waals surface area contributed by atoms with Gasteiger partial charge in [0.1, 0.15) is 5.75 Å². The Hall–Kier alpha value is -3.24. The lowest BCUT2D eigenvalue weighted by atomic mass is 10.2. The lowest BCUT2D eigenvalue weighted by Gasteiger charge is -2.35. The van der Waals surface area contributed by atoms with Crippen molar-refractivity contribution in [1.82, 2.24) is 20.2 Å². The average Bonchev–Trinajstić information content (AvgIpc) is 3.22. The van der Waals surface area contributed by atoms with Crippen LogP contribution in [0.2, 0.25) is 0 Å². The first kappa shape index (κ1) is 21.0. The van der Waals surface area contributed by atoms with E-state index in [1.54, 1.807) is 29.4 Å². The van der Waals surface area contributed by atoms with Crippen LogP contribution < -0.4 is 19.9 Å². The van der Waals surface area contributed by atoms with Crippen molar-refractivity contribution in [3.05, 3.63) is 42.7 Å². The molecule has 31 heavy (non-hydrogen) atoms. The maximum atomic E-state index is 12.7. The third kappa shape index (κ3) is 5.47. The number of halogens is 3. The molecule has 11 heteroatoms. The number of amides is 2. The van der Waals surface area contributed by atoms with Crippen molar-refractivity contribution in [2.45, 2.75) is 18.8 Å². The summed E-state index contributed by atoms with van der Waals surface area (Å²) in [6.45, 7) is 3.60. The molecule has 1 aromatic heterocycles. The summed E-state index contributed by atoms with van der Waals surface area (Å²) in [5.74, 6) is 0.406. The highest BCUT2D eigenvalue weighted by Crippen LogP contribution is 2.28. The van der Waals surface area contributed by atoms with Gasteiger partial charge in [-0.05, 0) is 24.6 Å². The van der Waals surface area contributed by atoms with Gasteiger partial charge in [0.15, 0.2) is 0 Å². The van der Waals surface area contributed by atoms with Gasteiger partial charge in [0.25, 0.3) is 0 Å². The zero-order chi connectivity index (χ0) is 21.8. The second-order valence-corrected chi connectivity index (χ2v) is 7.45. The van der Waals surface area contributed by atoms with Crippen LogP contribution >= 0.6 is 0 Å². The van der Waals surface area contributed by atoms with Crippen molar-refractivity contribution in [3.63, 3.8) is 0 Å². The average molecular weight is 436 g/mol. The van der Waals surface area contributed by atoms with Gasteiger partial charge in [0.2, 0.25) is 5.95 Å². The van der Waals surface area contributed by atoms with Gasteiger partial charge in [-0.2, -0.15) is 0 Å². The van der Waals surface area contributed by atoms with E-state index < -0.39 is 6.36 Å². The topological polar surface area (TPSA) is 73.8 Å². The number of nitrogens with one attached hydrogen (secondary N) is 1. The second-order valence-electron chi connectivity index (χ2n) is 7.45. The number of nitrogens with zero attached hydrogens (tertiary/aromatic N) is 5. The molecule has 0 spiro atoms. The number of aromatic nitrogens is 2. The number of piperazine rings is 1. The van der Waals surface area contributed by atoms with Crippen LogP contribution in [-0.2, 0) is 0 Å². The van der Waals surface area contributed by atoms with E-state index in [9.17, 15) is 18.0 Å². The van der Waals surface area contributed by atoms with Gasteiger partial charge in [-0.15, -0.1) is 13.2 Å². The third-order valence-electron chi connectivity index (χ3n) is 5.33. The van der Waals surface area contributed by atoms with E-state index >= 15 is 0 Å². The molecule has 2 amide bonds. The number of carbonyl (C=O) groups is 1. The summed E-state index contributed by atoms with van der Waals surface area (Å²) in [6.07, 6.45) is -0.624. The van der Waals surface area contributed by atoms with Gasteiger partial charge >= 0.3 is 12.4 Å². The molecule has 1 unspecified atom stereocenters. The summed E-state index contributed by atoms with van der Waals surface area (Å²) in [6, 6.07) is 7.45. The molecule has 4 rings (SSSR count). The Balaban J connectivity index is 1.27. The number of alkyl halides is 3. The number of benzene rings is 1. The van der Waals surface area contributed by atoms with Crippen LogP contribution in [-0.4, -0.2) is 72.6 Å². The Labute approximate surface area is 177 Å². The third-order valence-corrected chi connectivity index (χ3v) is 5.33. The van der Waals surface area contributed by atoms with E-state index in [1.165, 1.54) is 18.2 Å². The van der Waals surface area contributed by atoms with Crippen molar-refractivity contribution in [3.8, 4) is 5.75 Å². The fourth-order valence-electron chi connectivity index (χ4n) is 3.82. The molecule has 2 aromatic rings. The molecular formula is C20H23F3N6O2. The molecule has 0 saturated carbocycles. The lowest BCUT2D eigenvalue weighted by Crippen LogP contribution is -2.54. The number of anilines is 2. The number of ether oxygens (including phenoxy) is 1. The van der Waals surface area contributed by atoms with Crippen LogP contribution in [0.3, 0.4) is 0 Å². The highest BCUT2D eigenvalue weighted by Gasteiger charge is 2.32. The molecule has 1 N–H and O–H groups in total. The zero-order valence-corrected chi connectivity index (χ0v) is 16.8. The van der Waals surface area contributed by atoms with Crippen molar-refractivity contribution in [2.24, 2.45) is 0 Å². The Morgan fingerprint density at radius 2 is 1.77 bits per heavy atom. The Morgan fingerprint density at radius 3 is 2.48 bits per heavy atom. The van der Waals surface area contributed by atoms with Crippen molar-refractivity contribution in [2.75, 3.05) is 49.1 Å². The van der Waals surface area contributed by atoms with Gasteiger partial charge in [0.05, 0.1) is 0 Å². The molecule has 2 saturated heterocycles. The monoisotopic (exact) mass is 436 g/mol. The summed E-state index contributed by atoms with van der Waals surface area (Å²) in [4.78, 5) is 26.9. The van der Waals surface area contributed by atoms with E-state index in [0.29, 0.717) is 57.3 Å². The van der Waals surface area contributed by atoms with Gasteiger partial charge in [0, 0.05) is 69.5 Å². The minimum Gasteiger partial charge on any atom is -0.406 e. The first-order valence-electron chi connectivity index (χ1n) is 10.1. The van der Waals surface area contributed by atoms with E-state index in [0.717, 1.165) is 0 Å². The molecule has 2 fully saturated rings. The predicted molar refractivity (Wildman–Crippen MR) is 108 cm³/mol. The molecular weight excluding hydrogens is 413 g/mol. The highest BCUT2D eigenvalue weighted by atomic mass is 19.4. The summed E-state index contributed by atoms with van der Waals surface area (Å²) in [5, 5.41) is 3.04. The molecule has 166 valence electrons. The molecule has 8 nitrogen and oxygen atoms in total. The minimum absolute atomic E-state index is 0.0739. The van der Waals surface area contributed by atoms with Crippen molar-refractivity contribution < 1.29 is 22.7 Å².